The average molecular weight is 518 g/mol. The van der Waals surface area contributed by atoms with Gasteiger partial charge in [0.1, 0.15) is 34.3 Å². The lowest BCUT2D eigenvalue weighted by Gasteiger charge is -2.11. The Hall–Kier alpha value is -4.72. The molecule has 0 radical (unpaired) electrons. The molecule has 36 heavy (non-hydrogen) atoms. The Balaban J connectivity index is 1.43. The average Bonchev–Trinajstić information content (AvgIpc) is 3.56. The molecule has 0 aliphatic rings. The summed E-state index contributed by atoms with van der Waals surface area (Å²) in [6.07, 6.45) is 1.51. The van der Waals surface area contributed by atoms with Gasteiger partial charge in [-0.25, -0.2) is 9.97 Å². The maximum atomic E-state index is 12.5. The first kappa shape index (κ1) is 24.4. The number of amides is 1. The second-order valence-electron chi connectivity index (χ2n) is 7.12. The largest absolute Gasteiger partial charge is 0.464 e. The lowest BCUT2D eigenvalue weighted by atomic mass is 10.0. The van der Waals surface area contributed by atoms with Crippen LogP contribution < -0.4 is 11.1 Å². The van der Waals surface area contributed by atoms with Crippen LogP contribution in [0.3, 0.4) is 0 Å². The van der Waals surface area contributed by atoms with Crippen LogP contribution in [0.2, 0.25) is 0 Å². The number of benzene rings is 1. The van der Waals surface area contributed by atoms with Gasteiger partial charge in [0.15, 0.2) is 5.13 Å². The van der Waals surface area contributed by atoms with Gasteiger partial charge >= 0.3 is 0 Å². The zero-order valence-electron chi connectivity index (χ0n) is 18.3. The predicted molar refractivity (Wildman–Crippen MR) is 134 cm³/mol. The van der Waals surface area contributed by atoms with Gasteiger partial charge in [-0.05, 0) is 12.1 Å². The molecule has 3 heterocycles. The molecule has 1 amide bonds. The van der Waals surface area contributed by atoms with Gasteiger partial charge in [-0.15, -0.1) is 23.1 Å². The number of non-ortho nitro benzene ring substituents is 1. The SMILES string of the molecule is N#Cc1c(N)nc(SCCC(=O)Nc2nc(-c3cccc([N+](=O)[O-])c3)cs2)c(C#N)c1-c1ccco1. The molecule has 0 saturated carbocycles. The van der Waals surface area contributed by atoms with Crippen molar-refractivity contribution in [2.75, 3.05) is 16.8 Å². The first-order chi connectivity index (χ1) is 17.4. The van der Waals surface area contributed by atoms with Crippen molar-refractivity contribution in [3.05, 3.63) is 69.3 Å². The number of nitrogens with two attached hydrogens (primary N) is 1. The normalized spacial score (nSPS) is 10.4. The van der Waals surface area contributed by atoms with Crippen molar-refractivity contribution < 1.29 is 14.1 Å². The van der Waals surface area contributed by atoms with Crippen molar-refractivity contribution in [3.8, 4) is 34.7 Å². The van der Waals surface area contributed by atoms with Crippen molar-refractivity contribution in [2.24, 2.45) is 0 Å². The molecule has 0 saturated heterocycles. The fourth-order valence-corrected chi connectivity index (χ4v) is 4.91. The molecule has 4 aromatic rings. The van der Waals surface area contributed by atoms with Gasteiger partial charge in [-0.1, -0.05) is 12.1 Å². The summed E-state index contributed by atoms with van der Waals surface area (Å²) in [5.41, 5.74) is 7.43. The van der Waals surface area contributed by atoms with Gasteiger partial charge in [-0.3, -0.25) is 14.9 Å². The molecule has 1 aromatic carbocycles. The van der Waals surface area contributed by atoms with E-state index in [0.29, 0.717) is 22.1 Å². The molecule has 13 heteroatoms. The molecule has 0 aliphatic carbocycles. The first-order valence-electron chi connectivity index (χ1n) is 10.2. The van der Waals surface area contributed by atoms with Crippen LogP contribution in [0.5, 0.6) is 0 Å². The fourth-order valence-electron chi connectivity index (χ4n) is 3.23. The molecule has 3 N–H and O–H groups in total. The third-order valence-corrected chi connectivity index (χ3v) is 6.59. The van der Waals surface area contributed by atoms with Crippen LogP contribution in [0.1, 0.15) is 17.5 Å². The number of aromatic nitrogens is 2. The van der Waals surface area contributed by atoms with E-state index >= 15 is 0 Å². The Morgan fingerprint density at radius 1 is 1.22 bits per heavy atom. The molecule has 3 aromatic heterocycles. The molecule has 0 spiro atoms. The number of rotatable bonds is 8. The number of nitrogens with zero attached hydrogens (tertiary/aromatic N) is 5. The topological polar surface area (TPSA) is 185 Å². The van der Waals surface area contributed by atoms with Crippen molar-refractivity contribution in [3.63, 3.8) is 0 Å². The third-order valence-electron chi connectivity index (χ3n) is 4.85. The summed E-state index contributed by atoms with van der Waals surface area (Å²) < 4.78 is 5.38. The Kier molecular flexibility index (Phi) is 7.25. The molecule has 0 fully saturated rings. The minimum absolute atomic E-state index is 0.0358. The molecular weight excluding hydrogens is 502 g/mol. The van der Waals surface area contributed by atoms with E-state index in [-0.39, 0.29) is 51.3 Å². The van der Waals surface area contributed by atoms with E-state index in [4.69, 9.17) is 10.2 Å². The van der Waals surface area contributed by atoms with E-state index in [1.165, 1.54) is 29.7 Å². The molecular formula is C23H15N7O4S2. The summed E-state index contributed by atoms with van der Waals surface area (Å²) in [6.45, 7) is 0. The molecule has 11 nitrogen and oxygen atoms in total. The Bertz CT molecular complexity index is 1540. The van der Waals surface area contributed by atoms with Crippen molar-refractivity contribution in [1.82, 2.24) is 9.97 Å². The lowest BCUT2D eigenvalue weighted by Crippen LogP contribution is -2.12. The number of thioether (sulfide) groups is 1. The van der Waals surface area contributed by atoms with E-state index in [2.05, 4.69) is 21.4 Å². The van der Waals surface area contributed by atoms with Crippen molar-refractivity contribution in [1.29, 1.82) is 10.5 Å². The second kappa shape index (κ2) is 10.7. The van der Waals surface area contributed by atoms with Crippen LogP contribution >= 0.6 is 23.1 Å². The first-order valence-corrected chi connectivity index (χ1v) is 12.1. The van der Waals surface area contributed by atoms with Crippen LogP contribution in [0, 0.1) is 32.8 Å². The monoisotopic (exact) mass is 517 g/mol. The number of hydrogen-bond donors (Lipinski definition) is 2. The van der Waals surface area contributed by atoms with Gasteiger partial charge in [0.05, 0.1) is 28.0 Å². The molecule has 4 rings (SSSR count). The van der Waals surface area contributed by atoms with E-state index < -0.39 is 4.92 Å². The van der Waals surface area contributed by atoms with Gasteiger partial charge in [-0.2, -0.15) is 10.5 Å². The summed E-state index contributed by atoms with van der Waals surface area (Å²) in [7, 11) is 0. The van der Waals surface area contributed by atoms with Gasteiger partial charge in [0.2, 0.25) is 5.91 Å². The minimum Gasteiger partial charge on any atom is -0.464 e. The van der Waals surface area contributed by atoms with E-state index in [0.717, 1.165) is 11.8 Å². The highest BCUT2D eigenvalue weighted by molar-refractivity contribution is 7.99. The van der Waals surface area contributed by atoms with Crippen LogP contribution in [0.4, 0.5) is 16.6 Å². The Labute approximate surface area is 212 Å². The summed E-state index contributed by atoms with van der Waals surface area (Å²) in [5.74, 6) is 0.250. The summed E-state index contributed by atoms with van der Waals surface area (Å²) in [4.78, 5) is 31.5. The van der Waals surface area contributed by atoms with Gasteiger partial charge in [0.25, 0.3) is 5.69 Å². The summed E-state index contributed by atoms with van der Waals surface area (Å²) >= 11 is 2.35. The fraction of sp³-hybridized carbons (Fsp3) is 0.0870. The van der Waals surface area contributed by atoms with Crippen LogP contribution in [-0.2, 0) is 4.79 Å². The van der Waals surface area contributed by atoms with E-state index in [1.54, 1.807) is 29.6 Å². The number of pyridine rings is 1. The lowest BCUT2D eigenvalue weighted by molar-refractivity contribution is -0.384. The highest BCUT2D eigenvalue weighted by Gasteiger charge is 2.22. The van der Waals surface area contributed by atoms with Gasteiger partial charge in [0, 0.05) is 35.2 Å². The number of carbonyl (C=O) groups is 1. The van der Waals surface area contributed by atoms with Crippen LogP contribution in [-0.4, -0.2) is 26.6 Å². The maximum Gasteiger partial charge on any atom is 0.270 e. The van der Waals surface area contributed by atoms with Crippen molar-refractivity contribution in [2.45, 2.75) is 11.4 Å². The molecule has 0 bridgehead atoms. The molecule has 0 aliphatic heterocycles. The number of carbonyl (C=O) groups excluding carboxylic acids is 1. The van der Waals surface area contributed by atoms with E-state index in [9.17, 15) is 25.4 Å². The van der Waals surface area contributed by atoms with Crippen molar-refractivity contribution >= 4 is 45.6 Å². The minimum atomic E-state index is -0.484. The van der Waals surface area contributed by atoms with Crippen LogP contribution in [0.15, 0.2) is 57.5 Å². The number of nitro groups is 1. The zero-order valence-corrected chi connectivity index (χ0v) is 19.9. The molecule has 0 atom stereocenters. The quantitative estimate of drug-likeness (QED) is 0.186. The number of thiazole rings is 1. The standard InChI is InChI=1S/C23H15N7O4S2/c24-10-15-20(18-5-2-7-34-18)16(11-25)22(29-21(15)26)35-8-6-19(31)28-23-27-17(12-36-23)13-3-1-4-14(9-13)30(32)33/h1-5,7,9,12H,6,8H2,(H2,26,29)(H,27,28,31). The number of nitrogen functional groups attached to an aromatic ring is 1. The second-order valence-corrected chi connectivity index (χ2v) is 9.06. The van der Waals surface area contributed by atoms with E-state index in [1.807, 2.05) is 6.07 Å². The van der Waals surface area contributed by atoms with Crippen LogP contribution in [0.25, 0.3) is 22.6 Å². The highest BCUT2D eigenvalue weighted by Crippen LogP contribution is 2.36. The number of nitrogens with one attached hydrogen (secondary N) is 1. The Morgan fingerprint density at radius 2 is 2.03 bits per heavy atom. The molecule has 178 valence electrons. The summed E-state index contributed by atoms with van der Waals surface area (Å²) in [6, 6.07) is 13.4. The maximum absolute atomic E-state index is 12.5. The van der Waals surface area contributed by atoms with Gasteiger partial charge < -0.3 is 15.5 Å². The number of nitriles is 2. The number of hydrogen-bond acceptors (Lipinski definition) is 11. The smallest absolute Gasteiger partial charge is 0.270 e. The summed E-state index contributed by atoms with van der Waals surface area (Å²) in [5, 5.41) is 35.3. The zero-order chi connectivity index (χ0) is 25.7. The predicted octanol–water partition coefficient (Wildman–Crippen LogP) is 4.82. The number of furan rings is 1. The highest BCUT2D eigenvalue weighted by atomic mass is 32.2. The number of nitro benzene ring substituents is 1. The number of anilines is 2. The Morgan fingerprint density at radius 3 is 2.72 bits per heavy atom. The third kappa shape index (κ3) is 5.17. The molecule has 0 unspecified atom stereocenters.